The van der Waals surface area contributed by atoms with Gasteiger partial charge in [0.1, 0.15) is 19.3 Å². The average molecular weight is 1300 g/mol. The smallest absolute Gasteiger partial charge is 0.462 e. The Morgan fingerprint density at radius 2 is 0.523 bits per heavy atom. The molecule has 0 aromatic heterocycles. The van der Waals surface area contributed by atoms with Crippen LogP contribution < -0.4 is 0 Å². The standard InChI is InChI=1S/C69H134O17P2/c1-6-9-12-15-18-20-21-22-23-24-25-26-27-28-29-30-35-40-45-50-55-69(74)86-65(59-80-67(72)53-48-43-39-34-32-31-33-37-41-46-51-62(4)5)61-84-88(77,78)82-57-63(70)56-81-87(75,76)83-60-64(58-79-66(71)52-47-42-36-17-14-11-8-3)85-68(73)54-49-44-38-19-16-13-10-7-2/h62-65,70H,6-61H2,1-5H3,(H,75,76)(H,77,78)/t63-,64+,65+/m0/s1. The number of ether oxygens (including phenoxy) is 4. The summed E-state index contributed by atoms with van der Waals surface area (Å²) in [4.78, 5) is 72.2. The lowest BCUT2D eigenvalue weighted by Crippen LogP contribution is -2.30. The lowest BCUT2D eigenvalue weighted by atomic mass is 10.0. The molecule has 2 unspecified atom stereocenters. The first-order chi connectivity index (χ1) is 42.5. The highest BCUT2D eigenvalue weighted by Gasteiger charge is 2.30. The van der Waals surface area contributed by atoms with Crippen LogP contribution in [-0.4, -0.2) is 96.7 Å². The molecule has 0 aliphatic heterocycles. The van der Waals surface area contributed by atoms with Gasteiger partial charge < -0.3 is 33.8 Å². The molecule has 0 saturated carbocycles. The van der Waals surface area contributed by atoms with E-state index < -0.39 is 97.5 Å². The zero-order valence-corrected chi connectivity index (χ0v) is 58.6. The third-order valence-corrected chi connectivity index (χ3v) is 17.9. The van der Waals surface area contributed by atoms with Gasteiger partial charge in [0.2, 0.25) is 0 Å². The van der Waals surface area contributed by atoms with E-state index in [0.29, 0.717) is 25.7 Å². The van der Waals surface area contributed by atoms with Gasteiger partial charge in [-0.25, -0.2) is 9.13 Å². The van der Waals surface area contributed by atoms with Gasteiger partial charge in [-0.15, -0.1) is 0 Å². The third-order valence-electron chi connectivity index (χ3n) is 16.0. The molecule has 0 aromatic carbocycles. The third kappa shape index (κ3) is 62.8. The van der Waals surface area contributed by atoms with Gasteiger partial charge in [0.15, 0.2) is 12.2 Å². The van der Waals surface area contributed by atoms with Crippen LogP contribution in [0, 0.1) is 5.92 Å². The number of carbonyl (C=O) groups is 4. The van der Waals surface area contributed by atoms with Crippen molar-refractivity contribution in [3.05, 3.63) is 0 Å². The van der Waals surface area contributed by atoms with E-state index in [1.807, 2.05) is 0 Å². The summed E-state index contributed by atoms with van der Waals surface area (Å²) in [5, 5.41) is 10.5. The first kappa shape index (κ1) is 86.1. The number of esters is 4. The number of hydrogen-bond donors (Lipinski definition) is 3. The minimum atomic E-state index is -4.95. The quantitative estimate of drug-likeness (QED) is 0.0222. The topological polar surface area (TPSA) is 237 Å². The summed E-state index contributed by atoms with van der Waals surface area (Å²) < 4.78 is 68.0. The molecule has 0 spiro atoms. The molecule has 0 amide bonds. The Hall–Kier alpha value is -1.94. The van der Waals surface area contributed by atoms with Crippen molar-refractivity contribution in [1.82, 2.24) is 0 Å². The summed E-state index contributed by atoms with van der Waals surface area (Å²) in [5.41, 5.74) is 0. The van der Waals surface area contributed by atoms with E-state index in [1.165, 1.54) is 161 Å². The molecule has 3 N–H and O–H groups in total. The highest BCUT2D eigenvalue weighted by atomic mass is 31.2. The van der Waals surface area contributed by atoms with Crippen LogP contribution in [-0.2, 0) is 65.4 Å². The highest BCUT2D eigenvalue weighted by molar-refractivity contribution is 7.47. The van der Waals surface area contributed by atoms with Gasteiger partial charge in [-0.1, -0.05) is 304 Å². The molecule has 19 heteroatoms. The van der Waals surface area contributed by atoms with E-state index in [-0.39, 0.29) is 25.7 Å². The molecule has 0 heterocycles. The van der Waals surface area contributed by atoms with Crippen molar-refractivity contribution >= 4 is 39.5 Å². The number of carbonyl (C=O) groups excluding carboxylic acids is 4. The Bertz CT molecular complexity index is 1700. The summed E-state index contributed by atoms with van der Waals surface area (Å²) in [6.45, 7) is 7.16. The monoisotopic (exact) mass is 1300 g/mol. The molecule has 88 heavy (non-hydrogen) atoms. The molecule has 0 aliphatic carbocycles. The molecule has 17 nitrogen and oxygen atoms in total. The predicted octanol–water partition coefficient (Wildman–Crippen LogP) is 19.7. The fraction of sp³-hybridized carbons (Fsp3) is 0.942. The maximum Gasteiger partial charge on any atom is 0.472 e. The van der Waals surface area contributed by atoms with Crippen molar-refractivity contribution < 1.29 is 80.2 Å². The Kier molecular flexibility index (Phi) is 61.1. The number of phosphoric acid groups is 2. The highest BCUT2D eigenvalue weighted by Crippen LogP contribution is 2.45. The van der Waals surface area contributed by atoms with Gasteiger partial charge in [-0.3, -0.25) is 37.3 Å². The van der Waals surface area contributed by atoms with Crippen LogP contribution in [0.4, 0.5) is 0 Å². The summed E-state index contributed by atoms with van der Waals surface area (Å²) in [6, 6.07) is 0. The Morgan fingerprint density at radius 3 is 0.773 bits per heavy atom. The number of hydrogen-bond acceptors (Lipinski definition) is 15. The second-order valence-corrected chi connectivity index (χ2v) is 28.3. The SMILES string of the molecule is CCCCCCCCCCCCCCCCCCCCCCC(=O)O[C@H](COC(=O)CCCCCCCCCCCCC(C)C)COP(=O)(O)OC[C@@H](O)COP(=O)(O)OC[C@@H](COC(=O)CCCCCCCCC)OC(=O)CCCCCCCCCC. The number of unbranched alkanes of at least 4 members (excludes halogenated alkanes) is 41. The Morgan fingerprint density at radius 1 is 0.307 bits per heavy atom. The fourth-order valence-corrected chi connectivity index (χ4v) is 12.0. The van der Waals surface area contributed by atoms with Crippen molar-refractivity contribution in [3.63, 3.8) is 0 Å². The van der Waals surface area contributed by atoms with E-state index >= 15 is 0 Å². The Balaban J connectivity index is 5.14. The zero-order valence-electron chi connectivity index (χ0n) is 56.9. The van der Waals surface area contributed by atoms with Crippen molar-refractivity contribution in [1.29, 1.82) is 0 Å². The Labute approximate surface area is 537 Å². The van der Waals surface area contributed by atoms with E-state index in [0.717, 1.165) is 115 Å². The van der Waals surface area contributed by atoms with Crippen LogP contribution in [0.15, 0.2) is 0 Å². The first-order valence-corrected chi connectivity index (χ1v) is 39.1. The maximum atomic E-state index is 13.0. The first-order valence-electron chi connectivity index (χ1n) is 36.1. The van der Waals surface area contributed by atoms with Crippen molar-refractivity contribution in [3.8, 4) is 0 Å². The molecular formula is C69H134O17P2. The molecular weight excluding hydrogens is 1160 g/mol. The maximum absolute atomic E-state index is 13.0. The summed E-state index contributed by atoms with van der Waals surface area (Å²) >= 11 is 0. The van der Waals surface area contributed by atoms with Crippen LogP contribution in [0.25, 0.3) is 0 Å². The van der Waals surface area contributed by atoms with Crippen molar-refractivity contribution in [2.75, 3.05) is 39.6 Å². The summed E-state index contributed by atoms with van der Waals surface area (Å²) in [6.07, 6.45) is 48.9. The minimum absolute atomic E-state index is 0.105. The largest absolute Gasteiger partial charge is 0.472 e. The minimum Gasteiger partial charge on any atom is -0.462 e. The summed E-state index contributed by atoms with van der Waals surface area (Å²) in [7, 11) is -9.89. The number of phosphoric ester groups is 2. The molecule has 0 rings (SSSR count). The molecule has 0 aliphatic rings. The fourth-order valence-electron chi connectivity index (χ4n) is 10.5. The van der Waals surface area contributed by atoms with Crippen molar-refractivity contribution in [2.24, 2.45) is 5.92 Å². The van der Waals surface area contributed by atoms with E-state index in [1.54, 1.807) is 0 Å². The van der Waals surface area contributed by atoms with Crippen LogP contribution in [0.1, 0.15) is 356 Å². The zero-order chi connectivity index (χ0) is 64.9. The van der Waals surface area contributed by atoms with E-state index in [2.05, 4.69) is 34.6 Å². The average Bonchev–Trinajstić information content (AvgIpc) is 3.68. The van der Waals surface area contributed by atoms with Gasteiger partial charge in [-0.05, 0) is 31.6 Å². The van der Waals surface area contributed by atoms with E-state index in [4.69, 9.17) is 37.0 Å². The second-order valence-electron chi connectivity index (χ2n) is 25.4. The number of aliphatic hydroxyl groups is 1. The normalized spacial score (nSPS) is 14.1. The molecule has 0 aromatic rings. The lowest BCUT2D eigenvalue weighted by molar-refractivity contribution is -0.161. The van der Waals surface area contributed by atoms with Gasteiger partial charge in [0.25, 0.3) is 0 Å². The molecule has 0 radical (unpaired) electrons. The number of rotatable bonds is 69. The molecule has 0 bridgehead atoms. The molecule has 522 valence electrons. The number of aliphatic hydroxyl groups excluding tert-OH is 1. The van der Waals surface area contributed by atoms with Gasteiger partial charge in [-0.2, -0.15) is 0 Å². The van der Waals surface area contributed by atoms with Crippen LogP contribution >= 0.6 is 15.6 Å². The predicted molar refractivity (Wildman–Crippen MR) is 354 cm³/mol. The van der Waals surface area contributed by atoms with E-state index in [9.17, 15) is 43.2 Å². The van der Waals surface area contributed by atoms with Gasteiger partial charge in [0.05, 0.1) is 26.4 Å². The molecule has 0 saturated heterocycles. The van der Waals surface area contributed by atoms with Crippen LogP contribution in [0.5, 0.6) is 0 Å². The van der Waals surface area contributed by atoms with Gasteiger partial charge in [0, 0.05) is 25.7 Å². The second kappa shape index (κ2) is 62.5. The molecule has 0 fully saturated rings. The summed E-state index contributed by atoms with van der Waals surface area (Å²) in [5.74, 6) is -1.37. The van der Waals surface area contributed by atoms with Crippen LogP contribution in [0.3, 0.4) is 0 Å². The molecule has 5 atom stereocenters. The van der Waals surface area contributed by atoms with Crippen molar-refractivity contribution in [2.45, 2.75) is 374 Å². The lowest BCUT2D eigenvalue weighted by Gasteiger charge is -2.21. The van der Waals surface area contributed by atoms with Crippen LogP contribution in [0.2, 0.25) is 0 Å². The van der Waals surface area contributed by atoms with Gasteiger partial charge >= 0.3 is 39.5 Å².